The van der Waals surface area contributed by atoms with Crippen molar-refractivity contribution in [3.8, 4) is 0 Å². The van der Waals surface area contributed by atoms with Gasteiger partial charge in [0.25, 0.3) is 0 Å². The smallest absolute Gasteiger partial charge is 0.170 e. The molecule has 0 spiro atoms. The van der Waals surface area contributed by atoms with Crippen LogP contribution in [0.25, 0.3) is 0 Å². The van der Waals surface area contributed by atoms with Crippen molar-refractivity contribution < 1.29 is 4.74 Å². The number of aryl methyl sites for hydroxylation is 1. The molecule has 22 heavy (non-hydrogen) atoms. The van der Waals surface area contributed by atoms with Gasteiger partial charge in [-0.25, -0.2) is 0 Å². The first-order chi connectivity index (χ1) is 10.7. The Morgan fingerprint density at radius 3 is 2.82 bits per heavy atom. The highest BCUT2D eigenvalue weighted by Crippen LogP contribution is 2.37. The molecular formula is C16H20N4OS. The van der Waals surface area contributed by atoms with Crippen LogP contribution in [0.5, 0.6) is 0 Å². The maximum absolute atomic E-state index is 5.53. The topological polar surface area (TPSA) is 53.2 Å². The van der Waals surface area contributed by atoms with Crippen molar-refractivity contribution in [1.29, 1.82) is 0 Å². The van der Waals surface area contributed by atoms with Crippen LogP contribution in [0.2, 0.25) is 0 Å². The third kappa shape index (κ3) is 2.84. The number of hydrogen-bond donors (Lipinski definition) is 2. The van der Waals surface area contributed by atoms with E-state index in [2.05, 4.69) is 39.2 Å². The summed E-state index contributed by atoms with van der Waals surface area (Å²) in [5.74, 6) is 0. The third-order valence-corrected chi connectivity index (χ3v) is 4.26. The van der Waals surface area contributed by atoms with Crippen molar-refractivity contribution in [3.05, 3.63) is 53.6 Å². The lowest BCUT2D eigenvalue weighted by atomic mass is 10.0. The monoisotopic (exact) mass is 316 g/mol. The summed E-state index contributed by atoms with van der Waals surface area (Å²) in [6, 6.07) is 10.3. The molecule has 6 heteroatoms. The third-order valence-electron chi connectivity index (χ3n) is 3.91. The molecular weight excluding hydrogens is 296 g/mol. The molecule has 2 unspecified atom stereocenters. The van der Waals surface area contributed by atoms with Crippen molar-refractivity contribution in [3.63, 3.8) is 0 Å². The molecule has 1 fully saturated rings. The lowest BCUT2D eigenvalue weighted by molar-refractivity contribution is 0.163. The Labute approximate surface area is 135 Å². The molecule has 2 aromatic heterocycles. The van der Waals surface area contributed by atoms with Gasteiger partial charge in [-0.15, -0.1) is 0 Å². The second kappa shape index (κ2) is 6.46. The van der Waals surface area contributed by atoms with Crippen LogP contribution in [0.4, 0.5) is 0 Å². The first-order valence-corrected chi connectivity index (χ1v) is 7.74. The number of pyridine rings is 1. The quantitative estimate of drug-likeness (QED) is 0.829. The first-order valence-electron chi connectivity index (χ1n) is 7.33. The minimum Gasteiger partial charge on any atom is -0.383 e. The number of ether oxygens (including phenoxy) is 1. The highest BCUT2D eigenvalue weighted by molar-refractivity contribution is 7.80. The van der Waals surface area contributed by atoms with Crippen molar-refractivity contribution in [2.75, 3.05) is 20.3 Å². The largest absolute Gasteiger partial charge is 0.383 e. The van der Waals surface area contributed by atoms with Gasteiger partial charge in [0.05, 0.1) is 24.4 Å². The number of nitrogens with zero attached hydrogens (tertiary/aromatic N) is 2. The molecule has 2 aromatic rings. The van der Waals surface area contributed by atoms with Gasteiger partial charge in [-0.1, -0.05) is 6.07 Å². The van der Waals surface area contributed by atoms with Gasteiger partial charge in [0.15, 0.2) is 5.11 Å². The summed E-state index contributed by atoms with van der Waals surface area (Å²) in [7, 11) is 1.70. The van der Waals surface area contributed by atoms with E-state index in [9.17, 15) is 0 Å². The molecule has 3 heterocycles. The summed E-state index contributed by atoms with van der Waals surface area (Å²) >= 11 is 5.53. The zero-order valence-electron chi connectivity index (χ0n) is 12.7. The van der Waals surface area contributed by atoms with Crippen LogP contribution in [0.1, 0.15) is 29.2 Å². The molecule has 0 aromatic carbocycles. The fourth-order valence-electron chi connectivity index (χ4n) is 2.87. The van der Waals surface area contributed by atoms with Crippen molar-refractivity contribution in [2.24, 2.45) is 0 Å². The van der Waals surface area contributed by atoms with E-state index in [-0.39, 0.29) is 12.1 Å². The number of H-pyrrole nitrogens is 1. The lowest BCUT2D eigenvalue weighted by Crippen LogP contribution is -2.32. The van der Waals surface area contributed by atoms with E-state index in [1.54, 1.807) is 7.11 Å². The van der Waals surface area contributed by atoms with Gasteiger partial charge in [-0.3, -0.25) is 4.98 Å². The van der Waals surface area contributed by atoms with Crippen LogP contribution in [0.15, 0.2) is 36.5 Å². The van der Waals surface area contributed by atoms with Crippen molar-refractivity contribution in [1.82, 2.24) is 20.2 Å². The molecule has 0 radical (unpaired) electrons. The Balaban J connectivity index is 1.96. The van der Waals surface area contributed by atoms with E-state index in [1.807, 2.05) is 24.4 Å². The molecule has 0 aliphatic carbocycles. The SMILES string of the molecule is COCCN1C(=S)NC(c2ccccn2)C1c1ccc(C)[nH]1. The average molecular weight is 316 g/mol. The number of thiocarbonyl (C=S) groups is 1. The molecule has 2 atom stereocenters. The molecule has 5 nitrogen and oxygen atoms in total. The Bertz CT molecular complexity index is 643. The second-order valence-electron chi connectivity index (χ2n) is 5.41. The molecule has 0 bridgehead atoms. The van der Waals surface area contributed by atoms with Gasteiger partial charge in [-0.2, -0.15) is 0 Å². The van der Waals surface area contributed by atoms with Gasteiger partial charge >= 0.3 is 0 Å². The van der Waals surface area contributed by atoms with E-state index >= 15 is 0 Å². The summed E-state index contributed by atoms with van der Waals surface area (Å²) < 4.78 is 5.23. The predicted molar refractivity (Wildman–Crippen MR) is 89.6 cm³/mol. The lowest BCUT2D eigenvalue weighted by Gasteiger charge is -2.26. The summed E-state index contributed by atoms with van der Waals surface area (Å²) in [5.41, 5.74) is 3.26. The Morgan fingerprint density at radius 1 is 1.32 bits per heavy atom. The minimum absolute atomic E-state index is 0.0311. The number of aromatic amines is 1. The Morgan fingerprint density at radius 2 is 2.18 bits per heavy atom. The normalized spacial score (nSPS) is 21.2. The number of hydrogen-bond acceptors (Lipinski definition) is 3. The maximum Gasteiger partial charge on any atom is 0.170 e. The molecule has 3 rings (SSSR count). The Kier molecular flexibility index (Phi) is 4.40. The second-order valence-corrected chi connectivity index (χ2v) is 5.80. The fraction of sp³-hybridized carbons (Fsp3) is 0.375. The maximum atomic E-state index is 5.53. The number of nitrogens with one attached hydrogen (secondary N) is 2. The molecule has 1 aliphatic heterocycles. The van der Waals surface area contributed by atoms with Crippen LogP contribution in [0, 0.1) is 6.92 Å². The average Bonchev–Trinajstić information content (AvgIpc) is 3.09. The molecule has 2 N–H and O–H groups in total. The van der Waals surface area contributed by atoms with Gasteiger partial charge in [-0.05, 0) is 43.4 Å². The van der Waals surface area contributed by atoms with Gasteiger partial charge < -0.3 is 19.9 Å². The number of aromatic nitrogens is 2. The zero-order valence-corrected chi connectivity index (χ0v) is 13.6. The van der Waals surface area contributed by atoms with Crippen molar-refractivity contribution >= 4 is 17.3 Å². The molecule has 116 valence electrons. The van der Waals surface area contributed by atoms with Crippen LogP contribution in [0.3, 0.4) is 0 Å². The van der Waals surface area contributed by atoms with Crippen LogP contribution in [-0.2, 0) is 4.74 Å². The van der Waals surface area contributed by atoms with Gasteiger partial charge in [0.1, 0.15) is 0 Å². The van der Waals surface area contributed by atoms with Gasteiger partial charge in [0, 0.05) is 31.2 Å². The summed E-state index contributed by atoms with van der Waals surface area (Å²) in [4.78, 5) is 10.1. The van der Waals surface area contributed by atoms with E-state index in [4.69, 9.17) is 17.0 Å². The van der Waals surface area contributed by atoms with Crippen LogP contribution in [-0.4, -0.2) is 40.2 Å². The molecule has 0 saturated carbocycles. The van der Waals surface area contributed by atoms with Crippen LogP contribution < -0.4 is 5.32 Å². The first kappa shape index (κ1) is 15.0. The van der Waals surface area contributed by atoms with Crippen molar-refractivity contribution in [2.45, 2.75) is 19.0 Å². The Hall–Kier alpha value is -1.92. The fourth-order valence-corrected chi connectivity index (χ4v) is 3.20. The van der Waals surface area contributed by atoms with E-state index in [0.717, 1.165) is 28.7 Å². The zero-order chi connectivity index (χ0) is 15.5. The summed E-state index contributed by atoms with van der Waals surface area (Å²) in [6.07, 6.45) is 1.81. The van der Waals surface area contributed by atoms with E-state index < -0.39 is 0 Å². The number of rotatable bonds is 5. The van der Waals surface area contributed by atoms with E-state index in [0.29, 0.717) is 6.61 Å². The molecule has 1 saturated heterocycles. The number of methoxy groups -OCH3 is 1. The summed E-state index contributed by atoms with van der Waals surface area (Å²) in [5, 5.41) is 4.15. The predicted octanol–water partition coefficient (Wildman–Crippen LogP) is 2.34. The summed E-state index contributed by atoms with van der Waals surface area (Å²) in [6.45, 7) is 3.43. The van der Waals surface area contributed by atoms with Gasteiger partial charge in [0.2, 0.25) is 0 Å². The molecule has 0 amide bonds. The highest BCUT2D eigenvalue weighted by Gasteiger charge is 2.40. The van der Waals surface area contributed by atoms with Crippen LogP contribution >= 0.6 is 12.2 Å². The minimum atomic E-state index is 0.0311. The standard InChI is InChI=1S/C16H20N4OS/c1-11-6-7-13(18-11)15-14(12-5-3-4-8-17-12)19-16(22)20(15)9-10-21-2/h3-8,14-15,18H,9-10H2,1-2H3,(H,19,22). The van der Waals surface area contributed by atoms with E-state index in [1.165, 1.54) is 0 Å². The highest BCUT2D eigenvalue weighted by atomic mass is 32.1. The molecule has 1 aliphatic rings.